The second-order valence-electron chi connectivity index (χ2n) is 5.01. The molecule has 2 aromatic rings. The smallest absolute Gasteiger partial charge is 0.126 e. The predicted octanol–water partition coefficient (Wildman–Crippen LogP) is 4.35. The molecule has 1 N–H and O–H groups in total. The predicted molar refractivity (Wildman–Crippen MR) is 83.5 cm³/mol. The third-order valence-electron chi connectivity index (χ3n) is 2.75. The van der Waals surface area contributed by atoms with Crippen LogP contribution in [0.4, 0.5) is 0 Å². The molecule has 0 bridgehead atoms. The van der Waals surface area contributed by atoms with Gasteiger partial charge in [-0.05, 0) is 30.2 Å². The number of thiophene rings is 1. The topological polar surface area (TPSA) is 34.4 Å². The average Bonchev–Trinajstić information content (AvgIpc) is 3.05. The van der Waals surface area contributed by atoms with Crippen molar-refractivity contribution < 1.29 is 9.15 Å². The Morgan fingerprint density at radius 3 is 2.80 bits per heavy atom. The zero-order valence-electron chi connectivity index (χ0n) is 11.8. The maximum absolute atomic E-state index is 6.02. The van der Waals surface area contributed by atoms with Gasteiger partial charge in [0.25, 0.3) is 0 Å². The van der Waals surface area contributed by atoms with Crippen LogP contribution in [-0.4, -0.2) is 19.8 Å². The van der Waals surface area contributed by atoms with Crippen LogP contribution in [0.3, 0.4) is 0 Å². The van der Waals surface area contributed by atoms with E-state index in [0.29, 0.717) is 12.5 Å². The molecule has 0 radical (unpaired) electrons. The van der Waals surface area contributed by atoms with Crippen molar-refractivity contribution in [2.75, 3.05) is 19.8 Å². The summed E-state index contributed by atoms with van der Waals surface area (Å²) in [7, 11) is 0. The van der Waals surface area contributed by atoms with E-state index < -0.39 is 0 Å². The fraction of sp³-hybridized carbons (Fsp3) is 0.467. The molecule has 3 nitrogen and oxygen atoms in total. The SMILES string of the molecule is CC(C)COCCNC(c1ccco1)c1ccc(Cl)s1. The Labute approximate surface area is 128 Å². The zero-order chi connectivity index (χ0) is 14.4. The lowest BCUT2D eigenvalue weighted by Crippen LogP contribution is -2.25. The molecule has 20 heavy (non-hydrogen) atoms. The van der Waals surface area contributed by atoms with Gasteiger partial charge in [-0.15, -0.1) is 11.3 Å². The first-order valence-corrected chi connectivity index (χ1v) is 7.96. The maximum atomic E-state index is 6.02. The molecule has 0 amide bonds. The maximum Gasteiger partial charge on any atom is 0.126 e. The van der Waals surface area contributed by atoms with Gasteiger partial charge in [0.1, 0.15) is 11.8 Å². The molecule has 1 unspecified atom stereocenters. The van der Waals surface area contributed by atoms with Crippen LogP contribution in [0.15, 0.2) is 34.9 Å². The summed E-state index contributed by atoms with van der Waals surface area (Å²) in [5.41, 5.74) is 0. The van der Waals surface area contributed by atoms with Crippen molar-refractivity contribution >= 4 is 22.9 Å². The molecule has 0 fully saturated rings. The van der Waals surface area contributed by atoms with Gasteiger partial charge < -0.3 is 14.5 Å². The molecular formula is C15H20ClNO2S. The van der Waals surface area contributed by atoms with Gasteiger partial charge in [-0.1, -0.05) is 25.4 Å². The first-order valence-electron chi connectivity index (χ1n) is 6.76. The molecule has 0 aliphatic rings. The minimum atomic E-state index is 0.0325. The van der Waals surface area contributed by atoms with Crippen molar-refractivity contribution in [2.45, 2.75) is 19.9 Å². The molecule has 0 aromatic carbocycles. The lowest BCUT2D eigenvalue weighted by Gasteiger charge is -2.15. The number of rotatable bonds is 8. The minimum Gasteiger partial charge on any atom is -0.467 e. The molecule has 0 spiro atoms. The van der Waals surface area contributed by atoms with Gasteiger partial charge in [0.05, 0.1) is 17.2 Å². The van der Waals surface area contributed by atoms with Gasteiger partial charge in [0.15, 0.2) is 0 Å². The standard InChI is InChI=1S/C15H20ClNO2S/c1-11(2)10-18-9-7-17-15(12-4-3-8-19-12)13-5-6-14(16)20-13/h3-6,8,11,15,17H,7,9-10H2,1-2H3. The number of hydrogen-bond acceptors (Lipinski definition) is 4. The molecule has 0 saturated heterocycles. The Morgan fingerprint density at radius 1 is 1.35 bits per heavy atom. The Hall–Kier alpha value is -0.810. The molecule has 1 atom stereocenters. The highest BCUT2D eigenvalue weighted by molar-refractivity contribution is 7.16. The summed E-state index contributed by atoms with van der Waals surface area (Å²) in [6.45, 7) is 6.54. The summed E-state index contributed by atoms with van der Waals surface area (Å²) in [6, 6.07) is 7.84. The molecular weight excluding hydrogens is 294 g/mol. The van der Waals surface area contributed by atoms with Crippen LogP contribution in [-0.2, 0) is 4.74 Å². The normalized spacial score (nSPS) is 13.0. The third kappa shape index (κ3) is 4.63. The van der Waals surface area contributed by atoms with E-state index in [2.05, 4.69) is 19.2 Å². The van der Waals surface area contributed by atoms with E-state index in [-0.39, 0.29) is 6.04 Å². The molecule has 0 aliphatic carbocycles. The summed E-state index contributed by atoms with van der Waals surface area (Å²) in [5, 5.41) is 3.46. The molecule has 2 aromatic heterocycles. The number of halogens is 1. The second-order valence-corrected chi connectivity index (χ2v) is 6.76. The van der Waals surface area contributed by atoms with Crippen molar-refractivity contribution in [1.29, 1.82) is 0 Å². The summed E-state index contributed by atoms with van der Waals surface area (Å²) in [5.74, 6) is 1.46. The largest absolute Gasteiger partial charge is 0.467 e. The quantitative estimate of drug-likeness (QED) is 0.736. The van der Waals surface area contributed by atoms with E-state index in [1.54, 1.807) is 17.6 Å². The van der Waals surface area contributed by atoms with Crippen molar-refractivity contribution in [1.82, 2.24) is 5.32 Å². The summed E-state index contributed by atoms with van der Waals surface area (Å²) in [6.07, 6.45) is 1.69. The molecule has 0 saturated carbocycles. The Kier molecular flexibility index (Phi) is 6.10. The molecule has 0 aliphatic heterocycles. The van der Waals surface area contributed by atoms with Crippen molar-refractivity contribution in [3.8, 4) is 0 Å². The van der Waals surface area contributed by atoms with Crippen molar-refractivity contribution in [3.63, 3.8) is 0 Å². The van der Waals surface area contributed by atoms with Crippen LogP contribution in [0.2, 0.25) is 4.34 Å². The zero-order valence-corrected chi connectivity index (χ0v) is 13.3. The van der Waals surface area contributed by atoms with E-state index in [1.807, 2.05) is 24.3 Å². The summed E-state index contributed by atoms with van der Waals surface area (Å²) >= 11 is 7.58. The summed E-state index contributed by atoms with van der Waals surface area (Å²) in [4.78, 5) is 1.15. The highest BCUT2D eigenvalue weighted by atomic mass is 35.5. The lowest BCUT2D eigenvalue weighted by molar-refractivity contribution is 0.110. The average molecular weight is 314 g/mol. The highest BCUT2D eigenvalue weighted by Crippen LogP contribution is 2.31. The van der Waals surface area contributed by atoms with Gasteiger partial charge >= 0.3 is 0 Å². The van der Waals surface area contributed by atoms with Gasteiger partial charge in [0, 0.05) is 18.0 Å². The van der Waals surface area contributed by atoms with Crippen LogP contribution in [0.5, 0.6) is 0 Å². The molecule has 110 valence electrons. The molecule has 5 heteroatoms. The van der Waals surface area contributed by atoms with E-state index in [1.165, 1.54) is 0 Å². The lowest BCUT2D eigenvalue weighted by atomic mass is 10.2. The first kappa shape index (κ1) is 15.6. The monoisotopic (exact) mass is 313 g/mol. The van der Waals surface area contributed by atoms with Crippen LogP contribution in [0.1, 0.15) is 30.5 Å². The first-order chi connectivity index (χ1) is 9.66. The highest BCUT2D eigenvalue weighted by Gasteiger charge is 2.18. The summed E-state index contributed by atoms with van der Waals surface area (Å²) < 4.78 is 11.9. The third-order valence-corrected chi connectivity index (χ3v) is 4.05. The number of nitrogens with one attached hydrogen (secondary N) is 1. The van der Waals surface area contributed by atoms with Gasteiger partial charge in [-0.3, -0.25) is 0 Å². The second kappa shape index (κ2) is 7.84. The molecule has 2 heterocycles. The van der Waals surface area contributed by atoms with Gasteiger partial charge in [-0.2, -0.15) is 0 Å². The number of furan rings is 1. The van der Waals surface area contributed by atoms with Gasteiger partial charge in [0.2, 0.25) is 0 Å². The van der Waals surface area contributed by atoms with Crippen molar-refractivity contribution in [2.24, 2.45) is 5.92 Å². The fourth-order valence-corrected chi connectivity index (χ4v) is 3.02. The van der Waals surface area contributed by atoms with Crippen LogP contribution in [0.25, 0.3) is 0 Å². The van der Waals surface area contributed by atoms with Crippen molar-refractivity contribution in [3.05, 3.63) is 45.5 Å². The Bertz CT molecular complexity index is 496. The fourth-order valence-electron chi connectivity index (χ4n) is 1.87. The van der Waals surface area contributed by atoms with Gasteiger partial charge in [-0.25, -0.2) is 0 Å². The number of hydrogen-bond donors (Lipinski definition) is 1. The van der Waals surface area contributed by atoms with E-state index >= 15 is 0 Å². The van der Waals surface area contributed by atoms with E-state index in [0.717, 1.165) is 28.1 Å². The van der Waals surface area contributed by atoms with Crippen LogP contribution >= 0.6 is 22.9 Å². The Balaban J connectivity index is 1.91. The minimum absolute atomic E-state index is 0.0325. The van der Waals surface area contributed by atoms with Crippen LogP contribution < -0.4 is 5.32 Å². The number of ether oxygens (including phenoxy) is 1. The van der Waals surface area contributed by atoms with E-state index in [9.17, 15) is 0 Å². The molecule has 2 rings (SSSR count). The van der Waals surface area contributed by atoms with E-state index in [4.69, 9.17) is 20.8 Å². The van der Waals surface area contributed by atoms with Crippen LogP contribution in [0, 0.1) is 5.92 Å². The Morgan fingerprint density at radius 2 is 2.20 bits per heavy atom.